The van der Waals surface area contributed by atoms with Crippen molar-refractivity contribution < 1.29 is 9.47 Å². The highest BCUT2D eigenvalue weighted by atomic mass is 127. The van der Waals surface area contributed by atoms with Crippen LogP contribution in [0.25, 0.3) is 0 Å². The van der Waals surface area contributed by atoms with E-state index in [1.54, 1.807) is 7.11 Å². The number of rotatable bonds is 5. The van der Waals surface area contributed by atoms with Gasteiger partial charge in [-0.25, -0.2) is 4.99 Å². The number of nitrogens with one attached hydrogen (secondary N) is 1. The first kappa shape index (κ1) is 20.0. The zero-order valence-electron chi connectivity index (χ0n) is 14.5. The Bertz CT molecular complexity index is 529. The van der Waals surface area contributed by atoms with E-state index in [9.17, 15) is 0 Å². The molecule has 23 heavy (non-hydrogen) atoms. The third-order valence-corrected chi connectivity index (χ3v) is 4.20. The van der Waals surface area contributed by atoms with E-state index in [0.29, 0.717) is 5.96 Å². The number of aliphatic imine (C=N–C) groups is 1. The van der Waals surface area contributed by atoms with Crippen LogP contribution >= 0.6 is 24.0 Å². The highest BCUT2D eigenvalue weighted by Crippen LogP contribution is 2.44. The summed E-state index contributed by atoms with van der Waals surface area (Å²) in [6.45, 7) is 8.32. The minimum Gasteiger partial charge on any atom is -0.491 e. The Morgan fingerprint density at radius 3 is 2.39 bits per heavy atom. The summed E-state index contributed by atoms with van der Waals surface area (Å²) in [5.74, 6) is 1.28. The van der Waals surface area contributed by atoms with Crippen LogP contribution in [-0.4, -0.2) is 31.3 Å². The van der Waals surface area contributed by atoms with E-state index in [1.165, 1.54) is 0 Å². The van der Waals surface area contributed by atoms with Crippen molar-refractivity contribution in [1.82, 2.24) is 0 Å². The topological polar surface area (TPSA) is 68.9 Å². The fourth-order valence-corrected chi connectivity index (χ4v) is 2.72. The minimum atomic E-state index is 0. The van der Waals surface area contributed by atoms with Gasteiger partial charge in [0.25, 0.3) is 0 Å². The number of hydrogen-bond acceptors (Lipinski definition) is 3. The lowest BCUT2D eigenvalue weighted by atomic mass is 9.65. The Hall–Kier alpha value is -1.02. The van der Waals surface area contributed by atoms with Crippen LogP contribution in [0.4, 0.5) is 5.69 Å². The van der Waals surface area contributed by atoms with Crippen molar-refractivity contribution in [2.75, 3.05) is 12.4 Å². The SMILES string of the molecule is COC1CC(N=C(N)Nc2ccc(OC(C)C)cc2)C1(C)C.I. The van der Waals surface area contributed by atoms with Gasteiger partial charge >= 0.3 is 0 Å². The molecule has 1 saturated carbocycles. The molecule has 0 aliphatic heterocycles. The summed E-state index contributed by atoms with van der Waals surface area (Å²) < 4.78 is 11.0. The van der Waals surface area contributed by atoms with Gasteiger partial charge in [-0.2, -0.15) is 0 Å². The fraction of sp³-hybridized carbons (Fsp3) is 0.588. The lowest BCUT2D eigenvalue weighted by Gasteiger charge is -2.48. The van der Waals surface area contributed by atoms with Crippen molar-refractivity contribution in [2.45, 2.75) is 52.4 Å². The first-order valence-corrected chi connectivity index (χ1v) is 7.72. The number of halogens is 1. The van der Waals surface area contributed by atoms with Gasteiger partial charge in [0.2, 0.25) is 0 Å². The number of hydrogen-bond donors (Lipinski definition) is 2. The predicted molar refractivity (Wildman–Crippen MR) is 106 cm³/mol. The molecule has 0 bridgehead atoms. The van der Waals surface area contributed by atoms with Crippen LogP contribution in [0, 0.1) is 5.41 Å². The maximum atomic E-state index is 6.01. The molecule has 6 heteroatoms. The molecule has 2 atom stereocenters. The largest absolute Gasteiger partial charge is 0.491 e. The van der Waals surface area contributed by atoms with Gasteiger partial charge in [0, 0.05) is 18.2 Å². The first-order chi connectivity index (χ1) is 10.3. The second kappa shape index (κ2) is 8.19. The third kappa shape index (κ3) is 4.97. The predicted octanol–water partition coefficient (Wildman–Crippen LogP) is 3.63. The van der Waals surface area contributed by atoms with Gasteiger partial charge in [-0.3, -0.25) is 0 Å². The Kier molecular flexibility index (Phi) is 7.13. The summed E-state index contributed by atoms with van der Waals surface area (Å²) in [6.07, 6.45) is 1.33. The van der Waals surface area contributed by atoms with Gasteiger partial charge in [-0.1, -0.05) is 13.8 Å². The Balaban J connectivity index is 0.00000264. The monoisotopic (exact) mass is 433 g/mol. The maximum Gasteiger partial charge on any atom is 0.193 e. The third-order valence-electron chi connectivity index (χ3n) is 4.20. The van der Waals surface area contributed by atoms with Crippen molar-refractivity contribution in [3.05, 3.63) is 24.3 Å². The summed E-state index contributed by atoms with van der Waals surface area (Å²) in [5, 5.41) is 3.12. The Morgan fingerprint density at radius 2 is 1.91 bits per heavy atom. The minimum absolute atomic E-state index is 0. The van der Waals surface area contributed by atoms with Gasteiger partial charge in [-0.05, 0) is 44.5 Å². The summed E-state index contributed by atoms with van der Waals surface area (Å²) in [7, 11) is 1.74. The van der Waals surface area contributed by atoms with Gasteiger partial charge < -0.3 is 20.5 Å². The van der Waals surface area contributed by atoms with E-state index in [1.807, 2.05) is 38.1 Å². The average molecular weight is 433 g/mol. The quantitative estimate of drug-likeness (QED) is 0.423. The number of nitrogens with two attached hydrogens (primary N) is 1. The van der Waals surface area contributed by atoms with Crippen molar-refractivity contribution in [3.63, 3.8) is 0 Å². The molecule has 2 rings (SSSR count). The molecule has 1 fully saturated rings. The number of methoxy groups -OCH3 is 1. The number of nitrogens with zero attached hydrogens (tertiary/aromatic N) is 1. The highest BCUT2D eigenvalue weighted by Gasteiger charge is 2.48. The standard InChI is InChI=1S/C17H27N3O2.HI/c1-11(2)22-13-8-6-12(7-9-13)19-16(18)20-14-10-15(21-5)17(14,3)4;/h6-9,11,14-15H,10H2,1-5H3,(H3,18,19,20);1H. The molecule has 0 saturated heterocycles. The van der Waals surface area contributed by atoms with Crippen LogP contribution in [0.2, 0.25) is 0 Å². The lowest BCUT2D eigenvalue weighted by Crippen LogP contribution is -2.54. The molecule has 0 spiro atoms. The van der Waals surface area contributed by atoms with Gasteiger partial charge in [-0.15, -0.1) is 24.0 Å². The van der Waals surface area contributed by atoms with Gasteiger partial charge in [0.05, 0.1) is 18.2 Å². The highest BCUT2D eigenvalue weighted by molar-refractivity contribution is 14.0. The van der Waals surface area contributed by atoms with Crippen molar-refractivity contribution in [2.24, 2.45) is 16.1 Å². The van der Waals surface area contributed by atoms with Crippen molar-refractivity contribution >= 4 is 35.6 Å². The molecule has 1 aliphatic carbocycles. The molecular formula is C17H28IN3O2. The van der Waals surface area contributed by atoms with E-state index >= 15 is 0 Å². The summed E-state index contributed by atoms with van der Waals surface area (Å²) in [4.78, 5) is 4.57. The average Bonchev–Trinajstić information content (AvgIpc) is 2.44. The van der Waals surface area contributed by atoms with Crippen LogP contribution in [0.15, 0.2) is 29.3 Å². The molecule has 0 radical (unpaired) electrons. The first-order valence-electron chi connectivity index (χ1n) is 7.72. The second-order valence-corrected chi connectivity index (χ2v) is 6.63. The van der Waals surface area contributed by atoms with Crippen LogP contribution in [0.5, 0.6) is 5.75 Å². The molecule has 1 aliphatic rings. The van der Waals surface area contributed by atoms with Crippen LogP contribution in [-0.2, 0) is 4.74 Å². The van der Waals surface area contributed by atoms with Crippen LogP contribution in [0.3, 0.4) is 0 Å². The van der Waals surface area contributed by atoms with Crippen LogP contribution < -0.4 is 15.8 Å². The number of anilines is 1. The molecule has 130 valence electrons. The number of guanidine groups is 1. The van der Waals surface area contributed by atoms with E-state index in [2.05, 4.69) is 24.2 Å². The summed E-state index contributed by atoms with van der Waals surface area (Å²) in [5.41, 5.74) is 6.93. The lowest BCUT2D eigenvalue weighted by molar-refractivity contribution is -0.0850. The van der Waals surface area contributed by atoms with E-state index in [4.69, 9.17) is 15.2 Å². The molecular weight excluding hydrogens is 405 g/mol. The summed E-state index contributed by atoms with van der Waals surface area (Å²) >= 11 is 0. The molecule has 0 heterocycles. The smallest absolute Gasteiger partial charge is 0.193 e. The maximum absolute atomic E-state index is 6.01. The van der Waals surface area contributed by atoms with E-state index in [-0.39, 0.29) is 47.6 Å². The number of benzene rings is 1. The zero-order chi connectivity index (χ0) is 16.3. The molecule has 1 aromatic rings. The fourth-order valence-electron chi connectivity index (χ4n) is 2.72. The molecule has 5 nitrogen and oxygen atoms in total. The van der Waals surface area contributed by atoms with Gasteiger partial charge in [0.15, 0.2) is 5.96 Å². The normalized spacial score (nSPS) is 23.0. The second-order valence-electron chi connectivity index (χ2n) is 6.63. The molecule has 1 aromatic carbocycles. The molecule has 0 amide bonds. The molecule has 3 N–H and O–H groups in total. The van der Waals surface area contributed by atoms with E-state index in [0.717, 1.165) is 17.9 Å². The Labute approximate surface area is 156 Å². The zero-order valence-corrected chi connectivity index (χ0v) is 16.8. The van der Waals surface area contributed by atoms with Gasteiger partial charge in [0.1, 0.15) is 5.75 Å². The van der Waals surface area contributed by atoms with Crippen LogP contribution in [0.1, 0.15) is 34.1 Å². The number of ether oxygens (including phenoxy) is 2. The van der Waals surface area contributed by atoms with E-state index < -0.39 is 0 Å². The molecule has 2 unspecified atom stereocenters. The van der Waals surface area contributed by atoms with Crippen molar-refractivity contribution in [3.8, 4) is 5.75 Å². The Morgan fingerprint density at radius 1 is 1.30 bits per heavy atom. The summed E-state index contributed by atoms with van der Waals surface area (Å²) in [6, 6.07) is 7.90. The molecule has 0 aromatic heterocycles. The van der Waals surface area contributed by atoms with Crippen molar-refractivity contribution in [1.29, 1.82) is 0 Å².